The van der Waals surface area contributed by atoms with Gasteiger partial charge in [-0.05, 0) is 51.1 Å². The second kappa shape index (κ2) is 8.39. The van der Waals surface area contributed by atoms with E-state index in [9.17, 15) is 4.79 Å². The Balaban J connectivity index is 1.13. The van der Waals surface area contributed by atoms with Crippen molar-refractivity contribution in [2.24, 2.45) is 5.92 Å². The van der Waals surface area contributed by atoms with Crippen molar-refractivity contribution >= 4 is 11.6 Å². The summed E-state index contributed by atoms with van der Waals surface area (Å²) in [6, 6.07) is 13.5. The predicted molar refractivity (Wildman–Crippen MR) is 114 cm³/mol. The van der Waals surface area contributed by atoms with Crippen LogP contribution >= 0.6 is 0 Å². The third kappa shape index (κ3) is 4.39. The normalized spacial score (nSPS) is 16.4. The zero-order chi connectivity index (χ0) is 21.2. The van der Waals surface area contributed by atoms with Crippen molar-refractivity contribution in [2.45, 2.75) is 26.3 Å². The van der Waals surface area contributed by atoms with Gasteiger partial charge in [-0.15, -0.1) is 0 Å². The highest BCUT2D eigenvalue weighted by atomic mass is 16.7. The molecule has 5 rings (SSSR count). The van der Waals surface area contributed by atoms with Gasteiger partial charge in [0.15, 0.2) is 11.5 Å². The minimum atomic E-state index is -0.0211. The molecule has 0 spiro atoms. The van der Waals surface area contributed by atoms with Crippen molar-refractivity contribution in [2.75, 3.05) is 25.2 Å². The van der Waals surface area contributed by atoms with Crippen molar-refractivity contribution in [1.82, 2.24) is 15.0 Å². The van der Waals surface area contributed by atoms with E-state index in [1.54, 1.807) is 6.07 Å². The van der Waals surface area contributed by atoms with E-state index in [4.69, 9.17) is 14.0 Å². The number of anilines is 1. The van der Waals surface area contributed by atoms with Gasteiger partial charge in [-0.1, -0.05) is 28.9 Å². The van der Waals surface area contributed by atoms with E-state index in [1.165, 1.54) is 0 Å². The van der Waals surface area contributed by atoms with E-state index >= 15 is 0 Å². The van der Waals surface area contributed by atoms with E-state index in [2.05, 4.69) is 20.4 Å². The number of piperidine rings is 1. The van der Waals surface area contributed by atoms with E-state index in [0.717, 1.165) is 42.7 Å². The lowest BCUT2D eigenvalue weighted by atomic mass is 9.96. The molecule has 2 aliphatic rings. The first-order valence-corrected chi connectivity index (χ1v) is 10.5. The first kappa shape index (κ1) is 19.6. The monoisotopic (exact) mass is 420 g/mol. The second-order valence-corrected chi connectivity index (χ2v) is 7.99. The molecule has 1 aromatic heterocycles. The van der Waals surface area contributed by atoms with Gasteiger partial charge >= 0.3 is 0 Å². The number of aryl methyl sites for hydroxylation is 1. The van der Waals surface area contributed by atoms with Crippen LogP contribution in [0.4, 0.5) is 5.69 Å². The van der Waals surface area contributed by atoms with Crippen LogP contribution in [0.2, 0.25) is 0 Å². The van der Waals surface area contributed by atoms with E-state index < -0.39 is 0 Å². The third-order valence-electron chi connectivity index (χ3n) is 5.70. The van der Waals surface area contributed by atoms with Crippen molar-refractivity contribution < 1.29 is 18.8 Å². The second-order valence-electron chi connectivity index (χ2n) is 7.99. The van der Waals surface area contributed by atoms with E-state index in [0.29, 0.717) is 29.8 Å². The lowest BCUT2D eigenvalue weighted by Crippen LogP contribution is -2.37. The molecule has 31 heavy (non-hydrogen) atoms. The molecule has 3 heterocycles. The molecule has 0 radical (unpaired) electrons. The van der Waals surface area contributed by atoms with E-state index in [1.807, 2.05) is 43.3 Å². The van der Waals surface area contributed by atoms with Crippen LogP contribution in [0.5, 0.6) is 11.5 Å². The molecule has 160 valence electrons. The molecule has 0 aliphatic carbocycles. The van der Waals surface area contributed by atoms with Crippen LogP contribution in [0.15, 0.2) is 47.0 Å². The number of likely N-dealkylation sites (tertiary alicyclic amines) is 1. The average Bonchev–Trinajstić information content (AvgIpc) is 3.43. The summed E-state index contributed by atoms with van der Waals surface area (Å²) in [5.41, 5.74) is 2.84. The molecule has 1 amide bonds. The molecule has 0 bridgehead atoms. The number of amides is 1. The first-order valence-electron chi connectivity index (χ1n) is 10.5. The standard InChI is InChI=1S/C23H24N4O4/c1-15-3-2-4-17(11-15)22-25-21(31-26-22)13-27-9-7-16(8-10-27)23(28)24-18-5-6-19-20(12-18)30-14-29-19/h2-6,11-12,16H,7-10,13-14H2,1H3,(H,24,28). The number of ether oxygens (including phenoxy) is 2. The SMILES string of the molecule is Cc1cccc(-c2noc(CN3CCC(C(=O)Nc4ccc5c(c4)OCO5)CC3)n2)c1. The van der Waals surface area contributed by atoms with Gasteiger partial charge in [-0.2, -0.15) is 4.98 Å². The smallest absolute Gasteiger partial charge is 0.241 e. The maximum atomic E-state index is 12.7. The van der Waals surface area contributed by atoms with Crippen molar-refractivity contribution in [3.05, 3.63) is 53.9 Å². The quantitative estimate of drug-likeness (QED) is 0.674. The number of nitrogens with one attached hydrogen (secondary N) is 1. The molecule has 8 nitrogen and oxygen atoms in total. The summed E-state index contributed by atoms with van der Waals surface area (Å²) in [5.74, 6) is 2.59. The Kier molecular flexibility index (Phi) is 5.30. The molecule has 1 fully saturated rings. The summed E-state index contributed by atoms with van der Waals surface area (Å²) in [6.07, 6.45) is 1.57. The number of aromatic nitrogens is 2. The first-order chi connectivity index (χ1) is 15.1. The third-order valence-corrected chi connectivity index (χ3v) is 5.70. The van der Waals surface area contributed by atoms with Gasteiger partial charge in [0.1, 0.15) is 0 Å². The highest BCUT2D eigenvalue weighted by Crippen LogP contribution is 2.34. The van der Waals surface area contributed by atoms with Crippen LogP contribution in [0, 0.1) is 12.8 Å². The summed E-state index contributed by atoms with van der Waals surface area (Å²) in [7, 11) is 0. The van der Waals surface area contributed by atoms with Crippen LogP contribution in [-0.2, 0) is 11.3 Å². The molecule has 0 unspecified atom stereocenters. The Hall–Kier alpha value is -3.39. The summed E-state index contributed by atoms with van der Waals surface area (Å²) < 4.78 is 16.1. The van der Waals surface area contributed by atoms with Crippen LogP contribution in [0.3, 0.4) is 0 Å². The highest BCUT2D eigenvalue weighted by molar-refractivity contribution is 5.93. The maximum Gasteiger partial charge on any atom is 0.241 e. The Morgan fingerprint density at radius 3 is 2.81 bits per heavy atom. The largest absolute Gasteiger partial charge is 0.454 e. The lowest BCUT2D eigenvalue weighted by molar-refractivity contribution is -0.121. The number of carbonyl (C=O) groups excluding carboxylic acids is 1. The van der Waals surface area contributed by atoms with Gasteiger partial charge in [-0.25, -0.2) is 0 Å². The number of rotatable bonds is 5. The number of nitrogens with zero attached hydrogens (tertiary/aromatic N) is 3. The summed E-state index contributed by atoms with van der Waals surface area (Å²) in [6.45, 7) is 4.47. The summed E-state index contributed by atoms with van der Waals surface area (Å²) in [4.78, 5) is 19.5. The fourth-order valence-electron chi connectivity index (χ4n) is 3.98. The van der Waals surface area contributed by atoms with Crippen molar-refractivity contribution in [3.63, 3.8) is 0 Å². The lowest BCUT2D eigenvalue weighted by Gasteiger charge is -2.30. The molecule has 1 N–H and O–H groups in total. The minimum absolute atomic E-state index is 0.0211. The fourth-order valence-corrected chi connectivity index (χ4v) is 3.98. The number of hydrogen-bond donors (Lipinski definition) is 1. The van der Waals surface area contributed by atoms with Crippen LogP contribution in [0.1, 0.15) is 24.3 Å². The molecule has 0 saturated carbocycles. The number of hydrogen-bond acceptors (Lipinski definition) is 7. The van der Waals surface area contributed by atoms with Crippen molar-refractivity contribution in [1.29, 1.82) is 0 Å². The summed E-state index contributed by atoms with van der Waals surface area (Å²) >= 11 is 0. The zero-order valence-electron chi connectivity index (χ0n) is 17.3. The predicted octanol–water partition coefficient (Wildman–Crippen LogP) is 3.62. The average molecular weight is 420 g/mol. The van der Waals surface area contributed by atoms with Gasteiger partial charge in [-0.3, -0.25) is 9.69 Å². The van der Waals surface area contributed by atoms with Crippen LogP contribution in [0.25, 0.3) is 11.4 Å². The molecule has 2 aromatic carbocycles. The van der Waals surface area contributed by atoms with Gasteiger partial charge < -0.3 is 19.3 Å². The Labute approximate surface area is 180 Å². The Bertz CT molecular complexity index is 1090. The van der Waals surface area contributed by atoms with Gasteiger partial charge in [0.05, 0.1) is 6.54 Å². The molecule has 0 atom stereocenters. The van der Waals surface area contributed by atoms with Crippen LogP contribution < -0.4 is 14.8 Å². The minimum Gasteiger partial charge on any atom is -0.454 e. The van der Waals surface area contributed by atoms with Gasteiger partial charge in [0.2, 0.25) is 24.4 Å². The zero-order valence-corrected chi connectivity index (χ0v) is 17.3. The molecule has 3 aromatic rings. The van der Waals surface area contributed by atoms with Crippen molar-refractivity contribution in [3.8, 4) is 22.9 Å². The fraction of sp³-hybridized carbons (Fsp3) is 0.348. The summed E-state index contributed by atoms with van der Waals surface area (Å²) in [5, 5.41) is 7.11. The molecular formula is C23H24N4O4. The Morgan fingerprint density at radius 2 is 1.97 bits per heavy atom. The van der Waals surface area contributed by atoms with E-state index in [-0.39, 0.29) is 18.6 Å². The molecule has 1 saturated heterocycles. The highest BCUT2D eigenvalue weighted by Gasteiger charge is 2.26. The molecule has 8 heteroatoms. The van der Waals surface area contributed by atoms with Crippen LogP contribution in [-0.4, -0.2) is 40.8 Å². The number of benzene rings is 2. The van der Waals surface area contributed by atoms with Gasteiger partial charge in [0.25, 0.3) is 0 Å². The Morgan fingerprint density at radius 1 is 1.13 bits per heavy atom. The van der Waals surface area contributed by atoms with Gasteiger partial charge in [0, 0.05) is 23.2 Å². The molecular weight excluding hydrogens is 396 g/mol. The maximum absolute atomic E-state index is 12.7. The molecule has 2 aliphatic heterocycles. The number of carbonyl (C=O) groups is 1. The number of fused-ring (bicyclic) bond motifs is 1. The topological polar surface area (TPSA) is 89.7 Å².